The number of hydrogen-bond donors (Lipinski definition) is 2. The Hall–Kier alpha value is -1.99. The monoisotopic (exact) mass is 367 g/mol. The van der Waals surface area contributed by atoms with Crippen molar-refractivity contribution in [3.8, 4) is 11.5 Å². The fourth-order valence-electron chi connectivity index (χ4n) is 2.13. The Morgan fingerprint density at radius 3 is 2.86 bits per heavy atom. The van der Waals surface area contributed by atoms with E-state index in [1.54, 1.807) is 30.3 Å². The highest BCUT2D eigenvalue weighted by Crippen LogP contribution is 2.34. The number of furan rings is 1. The maximum absolute atomic E-state index is 11.8. The lowest BCUT2D eigenvalue weighted by atomic mass is 10.1. The lowest BCUT2D eigenvalue weighted by Gasteiger charge is -2.12. The van der Waals surface area contributed by atoms with Crippen LogP contribution in [0.2, 0.25) is 0 Å². The molecule has 0 spiro atoms. The first-order valence-electron chi connectivity index (χ1n) is 6.74. The van der Waals surface area contributed by atoms with Crippen molar-refractivity contribution in [2.24, 2.45) is 0 Å². The van der Waals surface area contributed by atoms with E-state index >= 15 is 0 Å². The van der Waals surface area contributed by atoms with Gasteiger partial charge in [0, 0.05) is 6.54 Å². The summed E-state index contributed by atoms with van der Waals surface area (Å²) < 4.78 is 16.1. The maximum Gasteiger partial charge on any atom is 0.287 e. The van der Waals surface area contributed by atoms with Crippen molar-refractivity contribution in [1.29, 1.82) is 0 Å². The first-order chi connectivity index (χ1) is 10.6. The molecule has 1 aromatic heterocycles. The quantitative estimate of drug-likeness (QED) is 0.848. The molecule has 6 nitrogen and oxygen atoms in total. The van der Waals surface area contributed by atoms with E-state index in [2.05, 4.69) is 21.2 Å². The van der Waals surface area contributed by atoms with Gasteiger partial charge in [0.1, 0.15) is 0 Å². The summed E-state index contributed by atoms with van der Waals surface area (Å²) in [7, 11) is 0. The third kappa shape index (κ3) is 3.26. The average molecular weight is 368 g/mol. The summed E-state index contributed by atoms with van der Waals surface area (Å²) in [4.78, 5) is 11.8. The van der Waals surface area contributed by atoms with Crippen molar-refractivity contribution in [2.45, 2.75) is 12.5 Å². The molecule has 2 aromatic rings. The average Bonchev–Trinajstić information content (AvgIpc) is 3.14. The minimum absolute atomic E-state index is 0.198. The number of rotatable bonds is 5. The molecule has 3 rings (SSSR count). The molecule has 0 radical (unpaired) electrons. The zero-order valence-electron chi connectivity index (χ0n) is 11.5. The molecule has 0 aliphatic carbocycles. The number of carbonyl (C=O) groups excluding carboxylic acids is 1. The third-order valence-corrected chi connectivity index (χ3v) is 3.71. The Labute approximate surface area is 135 Å². The second-order valence-electron chi connectivity index (χ2n) is 4.78. The van der Waals surface area contributed by atoms with Crippen molar-refractivity contribution >= 4 is 21.8 Å². The molecule has 1 amide bonds. The Bertz CT molecular complexity index is 684. The smallest absolute Gasteiger partial charge is 0.287 e. The normalized spacial score (nSPS) is 13.9. The summed E-state index contributed by atoms with van der Waals surface area (Å²) in [5.74, 6) is 1.21. The summed E-state index contributed by atoms with van der Waals surface area (Å²) in [5.41, 5.74) is 0.722. The van der Waals surface area contributed by atoms with Gasteiger partial charge in [-0.2, -0.15) is 0 Å². The Morgan fingerprint density at radius 2 is 2.09 bits per heavy atom. The Balaban J connectivity index is 1.52. The van der Waals surface area contributed by atoms with Gasteiger partial charge in [0.15, 0.2) is 21.9 Å². The molecule has 1 aliphatic rings. The first-order valence-corrected chi connectivity index (χ1v) is 7.54. The van der Waals surface area contributed by atoms with Crippen molar-refractivity contribution in [1.82, 2.24) is 5.32 Å². The van der Waals surface area contributed by atoms with E-state index < -0.39 is 6.10 Å². The van der Waals surface area contributed by atoms with E-state index in [0.29, 0.717) is 29.1 Å². The van der Waals surface area contributed by atoms with Crippen LogP contribution >= 0.6 is 15.9 Å². The molecule has 116 valence electrons. The predicted octanol–water partition coefficient (Wildman–Crippen LogP) is 2.62. The first kappa shape index (κ1) is 14.9. The van der Waals surface area contributed by atoms with Crippen molar-refractivity contribution in [2.75, 3.05) is 13.3 Å². The molecule has 2 N–H and O–H groups in total. The molecule has 22 heavy (non-hydrogen) atoms. The number of aliphatic hydroxyl groups excluding tert-OH is 1. The largest absolute Gasteiger partial charge is 0.454 e. The van der Waals surface area contributed by atoms with Crippen molar-refractivity contribution in [3.05, 3.63) is 46.3 Å². The fourth-order valence-corrected chi connectivity index (χ4v) is 2.44. The third-order valence-electron chi connectivity index (χ3n) is 3.28. The lowest BCUT2D eigenvalue weighted by Crippen LogP contribution is -2.25. The van der Waals surface area contributed by atoms with Crippen LogP contribution in [0, 0.1) is 0 Å². The zero-order chi connectivity index (χ0) is 15.5. The topological polar surface area (TPSA) is 80.9 Å². The summed E-state index contributed by atoms with van der Waals surface area (Å²) in [6.45, 7) is 0.524. The lowest BCUT2D eigenvalue weighted by molar-refractivity contribution is 0.0913. The molecule has 0 saturated carbocycles. The van der Waals surface area contributed by atoms with E-state index in [1.165, 1.54) is 0 Å². The standard InChI is InChI=1S/C15H14BrNO5/c16-14-4-3-12(22-14)15(19)17-6-5-10(18)9-1-2-11-13(7-9)21-8-20-11/h1-4,7,10,18H,5-6,8H2,(H,17,19)/t10-/m1/s1. The van der Waals surface area contributed by atoms with E-state index in [0.717, 1.165) is 5.56 Å². The number of benzene rings is 1. The van der Waals surface area contributed by atoms with Crippen molar-refractivity contribution < 1.29 is 23.8 Å². The van der Waals surface area contributed by atoms with Gasteiger partial charge in [0.2, 0.25) is 6.79 Å². The molecular weight excluding hydrogens is 354 g/mol. The van der Waals surface area contributed by atoms with Gasteiger partial charge in [0.05, 0.1) is 6.10 Å². The number of ether oxygens (including phenoxy) is 2. The highest BCUT2D eigenvalue weighted by atomic mass is 79.9. The number of aliphatic hydroxyl groups is 1. The molecule has 0 saturated heterocycles. The molecule has 2 heterocycles. The molecule has 0 unspecified atom stereocenters. The highest BCUT2D eigenvalue weighted by Gasteiger charge is 2.17. The number of amides is 1. The maximum atomic E-state index is 11.8. The van der Waals surface area contributed by atoms with Gasteiger partial charge in [-0.3, -0.25) is 4.79 Å². The van der Waals surface area contributed by atoms with Gasteiger partial charge < -0.3 is 24.3 Å². The van der Waals surface area contributed by atoms with E-state index in [9.17, 15) is 9.90 Å². The zero-order valence-corrected chi connectivity index (χ0v) is 13.1. The Kier molecular flexibility index (Phi) is 4.35. The van der Waals surface area contributed by atoms with Gasteiger partial charge in [-0.1, -0.05) is 6.07 Å². The predicted molar refractivity (Wildman–Crippen MR) is 80.9 cm³/mol. The number of carbonyl (C=O) groups is 1. The van der Waals surface area contributed by atoms with E-state index in [-0.39, 0.29) is 18.5 Å². The van der Waals surface area contributed by atoms with Crippen LogP contribution in [-0.4, -0.2) is 24.4 Å². The van der Waals surface area contributed by atoms with Gasteiger partial charge in [-0.05, 0) is 52.2 Å². The molecule has 1 aliphatic heterocycles. The highest BCUT2D eigenvalue weighted by molar-refractivity contribution is 9.10. The van der Waals surface area contributed by atoms with Gasteiger partial charge >= 0.3 is 0 Å². The minimum atomic E-state index is -0.696. The summed E-state index contributed by atoms with van der Waals surface area (Å²) >= 11 is 3.14. The van der Waals surface area contributed by atoms with Gasteiger partial charge in [-0.25, -0.2) is 0 Å². The molecule has 1 aromatic carbocycles. The van der Waals surface area contributed by atoms with Crippen LogP contribution in [0.25, 0.3) is 0 Å². The van der Waals surface area contributed by atoms with Crippen molar-refractivity contribution in [3.63, 3.8) is 0 Å². The van der Waals surface area contributed by atoms with Crippen LogP contribution in [0.4, 0.5) is 0 Å². The van der Waals surface area contributed by atoms with Gasteiger partial charge in [-0.15, -0.1) is 0 Å². The summed E-state index contributed by atoms with van der Waals surface area (Å²) in [5, 5.41) is 12.9. The number of halogens is 1. The fraction of sp³-hybridized carbons (Fsp3) is 0.267. The van der Waals surface area contributed by atoms with Gasteiger partial charge in [0.25, 0.3) is 5.91 Å². The van der Waals surface area contributed by atoms with E-state index in [4.69, 9.17) is 13.9 Å². The number of fused-ring (bicyclic) bond motifs is 1. The second kappa shape index (κ2) is 6.41. The Morgan fingerprint density at radius 1 is 1.27 bits per heavy atom. The number of hydrogen-bond acceptors (Lipinski definition) is 5. The molecule has 0 bridgehead atoms. The van der Waals surface area contributed by atoms with Crippen LogP contribution in [0.15, 0.2) is 39.4 Å². The van der Waals surface area contributed by atoms with E-state index in [1.807, 2.05) is 0 Å². The van der Waals surface area contributed by atoms with Crippen LogP contribution in [0.1, 0.15) is 28.6 Å². The van der Waals surface area contributed by atoms with Crippen LogP contribution in [0.5, 0.6) is 11.5 Å². The summed E-state index contributed by atoms with van der Waals surface area (Å²) in [6, 6.07) is 8.52. The SMILES string of the molecule is O=C(NCC[C@@H](O)c1ccc2c(c1)OCO2)c1ccc(Br)o1. The molecule has 0 fully saturated rings. The summed E-state index contributed by atoms with van der Waals surface area (Å²) in [6.07, 6.45) is -0.314. The van der Waals surface area contributed by atoms with Crippen LogP contribution < -0.4 is 14.8 Å². The van der Waals surface area contributed by atoms with Crippen LogP contribution in [0.3, 0.4) is 0 Å². The van der Waals surface area contributed by atoms with Crippen LogP contribution in [-0.2, 0) is 0 Å². The second-order valence-corrected chi connectivity index (χ2v) is 5.56. The molecule has 7 heteroatoms. The minimum Gasteiger partial charge on any atom is -0.454 e. The molecular formula is C15H14BrNO5. The molecule has 1 atom stereocenters. The number of nitrogens with one attached hydrogen (secondary N) is 1.